The SMILES string of the molecule is CN(C)Cc1ccc(C(=O)Nc2ccsc2C(=O)O)cc1. The molecule has 6 heteroatoms. The third-order valence-electron chi connectivity index (χ3n) is 2.82. The van der Waals surface area contributed by atoms with Gasteiger partial charge in [0.25, 0.3) is 5.91 Å². The minimum absolute atomic E-state index is 0.132. The molecule has 1 aromatic carbocycles. The smallest absolute Gasteiger partial charge is 0.348 e. The number of carboxylic acids is 1. The van der Waals surface area contributed by atoms with Crippen molar-refractivity contribution in [2.75, 3.05) is 19.4 Å². The van der Waals surface area contributed by atoms with Crippen molar-refractivity contribution >= 4 is 28.9 Å². The summed E-state index contributed by atoms with van der Waals surface area (Å²) in [4.78, 5) is 25.3. The summed E-state index contributed by atoms with van der Waals surface area (Å²) >= 11 is 1.08. The average Bonchev–Trinajstić information content (AvgIpc) is 2.87. The zero-order valence-electron chi connectivity index (χ0n) is 11.8. The molecule has 110 valence electrons. The highest BCUT2D eigenvalue weighted by Gasteiger charge is 2.14. The Hall–Kier alpha value is -2.18. The predicted octanol–water partition coefficient (Wildman–Crippen LogP) is 2.76. The second kappa shape index (κ2) is 6.51. The van der Waals surface area contributed by atoms with Crippen molar-refractivity contribution in [3.05, 3.63) is 51.7 Å². The summed E-state index contributed by atoms with van der Waals surface area (Å²) in [6, 6.07) is 8.84. The van der Waals surface area contributed by atoms with E-state index < -0.39 is 5.97 Å². The zero-order chi connectivity index (χ0) is 15.4. The van der Waals surface area contributed by atoms with E-state index in [9.17, 15) is 9.59 Å². The minimum atomic E-state index is -1.04. The van der Waals surface area contributed by atoms with Gasteiger partial charge in [-0.1, -0.05) is 12.1 Å². The summed E-state index contributed by atoms with van der Waals surface area (Å²) in [5.41, 5.74) is 1.94. The number of benzene rings is 1. The second-order valence-electron chi connectivity index (χ2n) is 4.86. The van der Waals surface area contributed by atoms with E-state index in [1.54, 1.807) is 23.6 Å². The Morgan fingerprint density at radius 3 is 2.43 bits per heavy atom. The molecule has 0 bridgehead atoms. The monoisotopic (exact) mass is 304 g/mol. The molecule has 0 spiro atoms. The van der Waals surface area contributed by atoms with E-state index in [1.807, 2.05) is 31.1 Å². The minimum Gasteiger partial charge on any atom is -0.477 e. The maximum atomic E-state index is 12.1. The highest BCUT2D eigenvalue weighted by Crippen LogP contribution is 2.22. The summed E-state index contributed by atoms with van der Waals surface area (Å²) in [5, 5.41) is 13.3. The molecule has 0 radical (unpaired) electrons. The maximum absolute atomic E-state index is 12.1. The molecule has 21 heavy (non-hydrogen) atoms. The first-order valence-corrected chi connectivity index (χ1v) is 7.21. The first kappa shape index (κ1) is 15.2. The fourth-order valence-corrected chi connectivity index (χ4v) is 2.58. The summed E-state index contributed by atoms with van der Waals surface area (Å²) in [6.07, 6.45) is 0. The molecule has 0 saturated heterocycles. The van der Waals surface area contributed by atoms with Crippen LogP contribution in [0, 0.1) is 0 Å². The van der Waals surface area contributed by atoms with Crippen molar-refractivity contribution in [3.8, 4) is 0 Å². The van der Waals surface area contributed by atoms with Gasteiger partial charge >= 0.3 is 5.97 Å². The third kappa shape index (κ3) is 3.90. The van der Waals surface area contributed by atoms with Gasteiger partial charge in [-0.2, -0.15) is 0 Å². The van der Waals surface area contributed by atoms with Gasteiger partial charge in [-0.15, -0.1) is 11.3 Å². The van der Waals surface area contributed by atoms with Crippen LogP contribution >= 0.6 is 11.3 Å². The first-order chi connectivity index (χ1) is 9.97. The Bertz CT molecular complexity index is 647. The number of carbonyl (C=O) groups is 2. The van der Waals surface area contributed by atoms with E-state index >= 15 is 0 Å². The Morgan fingerprint density at radius 2 is 1.86 bits per heavy atom. The van der Waals surface area contributed by atoms with Gasteiger partial charge in [0, 0.05) is 12.1 Å². The number of nitrogens with zero attached hydrogens (tertiary/aromatic N) is 1. The molecule has 0 fully saturated rings. The van der Waals surface area contributed by atoms with Crippen molar-refractivity contribution in [1.82, 2.24) is 4.90 Å². The summed E-state index contributed by atoms with van der Waals surface area (Å²) in [7, 11) is 3.95. The lowest BCUT2D eigenvalue weighted by molar-refractivity contribution is 0.0703. The van der Waals surface area contributed by atoms with E-state index in [4.69, 9.17) is 5.11 Å². The van der Waals surface area contributed by atoms with Crippen LogP contribution in [0.5, 0.6) is 0 Å². The summed E-state index contributed by atoms with van der Waals surface area (Å²) in [5.74, 6) is -1.35. The van der Waals surface area contributed by atoms with E-state index in [2.05, 4.69) is 5.32 Å². The van der Waals surface area contributed by atoms with Crippen LogP contribution in [0.4, 0.5) is 5.69 Å². The predicted molar refractivity (Wildman–Crippen MR) is 83.1 cm³/mol. The third-order valence-corrected chi connectivity index (χ3v) is 3.72. The lowest BCUT2D eigenvalue weighted by atomic mass is 10.1. The van der Waals surface area contributed by atoms with E-state index in [-0.39, 0.29) is 10.8 Å². The quantitative estimate of drug-likeness (QED) is 0.891. The Labute approximate surface area is 126 Å². The number of rotatable bonds is 5. The molecule has 0 aliphatic carbocycles. The Kier molecular flexibility index (Phi) is 4.72. The van der Waals surface area contributed by atoms with Crippen molar-refractivity contribution in [2.24, 2.45) is 0 Å². The molecule has 5 nitrogen and oxygen atoms in total. The normalized spacial score (nSPS) is 10.6. The lowest BCUT2D eigenvalue weighted by Gasteiger charge is -2.10. The molecule has 1 aromatic heterocycles. The fourth-order valence-electron chi connectivity index (χ4n) is 1.89. The van der Waals surface area contributed by atoms with Crippen molar-refractivity contribution in [1.29, 1.82) is 0 Å². The number of nitrogens with one attached hydrogen (secondary N) is 1. The molecular weight excluding hydrogens is 288 g/mol. The van der Waals surface area contributed by atoms with E-state index in [0.717, 1.165) is 23.4 Å². The van der Waals surface area contributed by atoms with Gasteiger partial charge in [0.15, 0.2) is 0 Å². The standard InChI is InChI=1S/C15H16N2O3S/c1-17(2)9-10-3-5-11(6-4-10)14(18)16-12-7-8-21-13(12)15(19)20/h3-8H,9H2,1-2H3,(H,16,18)(H,19,20). The zero-order valence-corrected chi connectivity index (χ0v) is 12.6. The Morgan fingerprint density at radius 1 is 1.19 bits per heavy atom. The van der Waals surface area contributed by atoms with Crippen LogP contribution in [0.25, 0.3) is 0 Å². The largest absolute Gasteiger partial charge is 0.477 e. The molecule has 0 saturated carbocycles. The molecule has 2 rings (SSSR count). The van der Waals surface area contributed by atoms with Gasteiger partial charge in [-0.05, 0) is 43.2 Å². The average molecular weight is 304 g/mol. The van der Waals surface area contributed by atoms with Crippen LogP contribution in [-0.2, 0) is 6.54 Å². The highest BCUT2D eigenvalue weighted by atomic mass is 32.1. The molecule has 2 aromatic rings. The number of hydrogen-bond acceptors (Lipinski definition) is 4. The van der Waals surface area contributed by atoms with E-state index in [1.165, 1.54) is 0 Å². The lowest BCUT2D eigenvalue weighted by Crippen LogP contribution is -2.14. The number of thiophene rings is 1. The Balaban J connectivity index is 2.10. The van der Waals surface area contributed by atoms with Crippen LogP contribution in [0.3, 0.4) is 0 Å². The molecule has 0 aliphatic heterocycles. The number of amides is 1. The number of carbonyl (C=O) groups excluding carboxylic acids is 1. The first-order valence-electron chi connectivity index (χ1n) is 6.33. The topological polar surface area (TPSA) is 69.6 Å². The molecule has 1 amide bonds. The van der Waals surface area contributed by atoms with Crippen LogP contribution in [0.1, 0.15) is 25.6 Å². The van der Waals surface area contributed by atoms with Gasteiger partial charge < -0.3 is 15.3 Å². The number of carboxylic acid groups (broad SMARTS) is 1. The molecule has 2 N–H and O–H groups in total. The van der Waals surface area contributed by atoms with Crippen molar-refractivity contribution in [2.45, 2.75) is 6.54 Å². The van der Waals surface area contributed by atoms with Gasteiger partial charge in [-0.3, -0.25) is 4.79 Å². The summed E-state index contributed by atoms with van der Waals surface area (Å²) in [6.45, 7) is 0.801. The molecule has 0 aliphatic rings. The van der Waals surface area contributed by atoms with Crippen molar-refractivity contribution < 1.29 is 14.7 Å². The molecular formula is C15H16N2O3S. The van der Waals surface area contributed by atoms with Gasteiger partial charge in [0.1, 0.15) is 4.88 Å². The van der Waals surface area contributed by atoms with Gasteiger partial charge in [0.2, 0.25) is 0 Å². The number of aromatic carboxylic acids is 1. The van der Waals surface area contributed by atoms with Gasteiger partial charge in [-0.25, -0.2) is 4.79 Å². The van der Waals surface area contributed by atoms with E-state index in [0.29, 0.717) is 11.3 Å². The number of hydrogen-bond donors (Lipinski definition) is 2. The van der Waals surface area contributed by atoms with Crippen LogP contribution in [-0.4, -0.2) is 36.0 Å². The van der Waals surface area contributed by atoms with Crippen LogP contribution < -0.4 is 5.32 Å². The van der Waals surface area contributed by atoms with Crippen LogP contribution in [0.15, 0.2) is 35.7 Å². The molecule has 0 unspecified atom stereocenters. The fraction of sp³-hybridized carbons (Fsp3) is 0.200. The summed E-state index contributed by atoms with van der Waals surface area (Å²) < 4.78 is 0. The second-order valence-corrected chi connectivity index (χ2v) is 5.77. The maximum Gasteiger partial charge on any atom is 0.348 e. The van der Waals surface area contributed by atoms with Crippen molar-refractivity contribution in [3.63, 3.8) is 0 Å². The highest BCUT2D eigenvalue weighted by molar-refractivity contribution is 7.12. The molecule has 1 heterocycles. The molecule has 0 atom stereocenters. The van der Waals surface area contributed by atoms with Crippen LogP contribution in [0.2, 0.25) is 0 Å². The number of anilines is 1. The van der Waals surface area contributed by atoms with Gasteiger partial charge in [0.05, 0.1) is 5.69 Å².